The Morgan fingerprint density at radius 1 is 1.50 bits per heavy atom. The maximum atomic E-state index is 11.9. The number of nitrogens with one attached hydrogen (secondary N) is 1. The van der Waals surface area contributed by atoms with Crippen LogP contribution in [0.4, 0.5) is 10.7 Å². The van der Waals surface area contributed by atoms with E-state index >= 15 is 0 Å². The van der Waals surface area contributed by atoms with Gasteiger partial charge in [-0.2, -0.15) is 5.26 Å². The standard InChI is InChI=1S/C14H13N3OS2/c1-9-3-2-4-11(13(9)16)20-8-12(18)17-14-10(7-15)5-6-19-14/h2-6H,8,16H2,1H3,(H,17,18). The monoisotopic (exact) mass is 303 g/mol. The average Bonchev–Trinajstić information content (AvgIpc) is 2.87. The Balaban J connectivity index is 1.96. The predicted molar refractivity (Wildman–Crippen MR) is 84.0 cm³/mol. The maximum Gasteiger partial charge on any atom is 0.235 e. The number of aryl methyl sites for hydroxylation is 1. The number of carbonyl (C=O) groups is 1. The Labute approximate surface area is 125 Å². The Bertz CT molecular complexity index is 673. The number of para-hydroxylation sites is 1. The third kappa shape index (κ3) is 3.32. The number of rotatable bonds is 4. The number of nitrogens with zero attached hydrogens (tertiary/aromatic N) is 1. The van der Waals surface area contributed by atoms with E-state index in [0.29, 0.717) is 16.3 Å². The first-order chi connectivity index (χ1) is 9.61. The Morgan fingerprint density at radius 3 is 3.05 bits per heavy atom. The average molecular weight is 303 g/mol. The second-order valence-corrected chi connectivity index (χ2v) is 6.03. The molecule has 4 nitrogen and oxygen atoms in total. The molecule has 2 aromatic rings. The Hall–Kier alpha value is -1.97. The van der Waals surface area contributed by atoms with Crippen LogP contribution in [0.2, 0.25) is 0 Å². The van der Waals surface area contributed by atoms with Crippen molar-refractivity contribution in [2.75, 3.05) is 16.8 Å². The van der Waals surface area contributed by atoms with Crippen molar-refractivity contribution in [2.45, 2.75) is 11.8 Å². The molecule has 0 unspecified atom stereocenters. The van der Waals surface area contributed by atoms with Gasteiger partial charge in [-0.05, 0) is 30.0 Å². The van der Waals surface area contributed by atoms with Crippen LogP contribution in [0, 0.1) is 18.3 Å². The summed E-state index contributed by atoms with van der Waals surface area (Å²) in [5, 5.41) is 14.0. The molecule has 1 amide bonds. The number of thioether (sulfide) groups is 1. The van der Waals surface area contributed by atoms with Gasteiger partial charge in [-0.15, -0.1) is 23.1 Å². The SMILES string of the molecule is Cc1cccc(SCC(=O)Nc2sccc2C#N)c1N. The van der Waals surface area contributed by atoms with Gasteiger partial charge >= 0.3 is 0 Å². The van der Waals surface area contributed by atoms with Crippen LogP contribution < -0.4 is 11.1 Å². The lowest BCUT2D eigenvalue weighted by molar-refractivity contribution is -0.113. The summed E-state index contributed by atoms with van der Waals surface area (Å²) >= 11 is 2.73. The van der Waals surface area contributed by atoms with Crippen molar-refractivity contribution in [3.63, 3.8) is 0 Å². The lowest BCUT2D eigenvalue weighted by Crippen LogP contribution is -2.13. The van der Waals surface area contributed by atoms with Gasteiger partial charge in [0.1, 0.15) is 11.1 Å². The van der Waals surface area contributed by atoms with E-state index in [1.165, 1.54) is 23.1 Å². The van der Waals surface area contributed by atoms with Crippen LogP contribution in [0.1, 0.15) is 11.1 Å². The number of thiophene rings is 1. The minimum absolute atomic E-state index is 0.144. The van der Waals surface area contributed by atoms with Gasteiger partial charge in [0.2, 0.25) is 5.91 Å². The van der Waals surface area contributed by atoms with E-state index in [2.05, 4.69) is 5.32 Å². The molecule has 2 rings (SSSR count). The molecule has 3 N–H and O–H groups in total. The summed E-state index contributed by atoms with van der Waals surface area (Å²) in [5.74, 6) is 0.117. The van der Waals surface area contributed by atoms with Gasteiger partial charge in [0.05, 0.1) is 11.3 Å². The van der Waals surface area contributed by atoms with Crippen LogP contribution in [0.15, 0.2) is 34.5 Å². The van der Waals surface area contributed by atoms with Gasteiger partial charge in [0, 0.05) is 10.6 Å². The van der Waals surface area contributed by atoms with Crippen molar-refractivity contribution < 1.29 is 4.79 Å². The molecule has 0 radical (unpaired) electrons. The van der Waals surface area contributed by atoms with E-state index in [4.69, 9.17) is 11.0 Å². The number of carbonyl (C=O) groups excluding carboxylic acids is 1. The summed E-state index contributed by atoms with van der Waals surface area (Å²) in [6.07, 6.45) is 0. The molecule has 0 atom stereocenters. The number of amides is 1. The third-order valence-corrected chi connectivity index (χ3v) is 4.58. The molecule has 1 aromatic carbocycles. The lowest BCUT2D eigenvalue weighted by atomic mass is 10.2. The zero-order chi connectivity index (χ0) is 14.5. The molecule has 0 aliphatic rings. The van der Waals surface area contributed by atoms with Crippen molar-refractivity contribution in [1.29, 1.82) is 5.26 Å². The fraction of sp³-hybridized carbons (Fsp3) is 0.143. The molecule has 0 saturated heterocycles. The summed E-state index contributed by atoms with van der Waals surface area (Å²) < 4.78 is 0. The summed E-state index contributed by atoms with van der Waals surface area (Å²) in [7, 11) is 0. The molecule has 0 fully saturated rings. The fourth-order valence-electron chi connectivity index (χ4n) is 1.58. The molecule has 0 spiro atoms. The van der Waals surface area contributed by atoms with Crippen molar-refractivity contribution in [3.05, 3.63) is 40.8 Å². The Kier molecular flexibility index (Phi) is 4.66. The van der Waals surface area contributed by atoms with Crippen molar-refractivity contribution >= 4 is 39.7 Å². The number of nitrogens with two attached hydrogens (primary N) is 1. The van der Waals surface area contributed by atoms with Crippen LogP contribution in [-0.2, 0) is 4.79 Å². The van der Waals surface area contributed by atoms with E-state index in [-0.39, 0.29) is 11.7 Å². The molecule has 20 heavy (non-hydrogen) atoms. The largest absolute Gasteiger partial charge is 0.398 e. The molecule has 6 heteroatoms. The highest BCUT2D eigenvalue weighted by Crippen LogP contribution is 2.28. The van der Waals surface area contributed by atoms with Crippen LogP contribution in [0.25, 0.3) is 0 Å². The van der Waals surface area contributed by atoms with E-state index in [1.54, 1.807) is 11.4 Å². The molecule has 0 aliphatic carbocycles. The molecule has 0 bridgehead atoms. The van der Waals surface area contributed by atoms with Gasteiger partial charge < -0.3 is 11.1 Å². The van der Waals surface area contributed by atoms with Crippen LogP contribution in [-0.4, -0.2) is 11.7 Å². The van der Waals surface area contributed by atoms with Crippen LogP contribution in [0.3, 0.4) is 0 Å². The summed E-state index contributed by atoms with van der Waals surface area (Å²) in [6, 6.07) is 9.47. The van der Waals surface area contributed by atoms with Gasteiger partial charge in [-0.25, -0.2) is 0 Å². The summed E-state index contributed by atoms with van der Waals surface area (Å²) in [4.78, 5) is 12.8. The summed E-state index contributed by atoms with van der Waals surface area (Å²) in [5.41, 5.74) is 8.15. The van der Waals surface area contributed by atoms with E-state index in [0.717, 1.165) is 10.5 Å². The van der Waals surface area contributed by atoms with Gasteiger partial charge in [-0.1, -0.05) is 12.1 Å². The van der Waals surface area contributed by atoms with Gasteiger partial charge in [0.15, 0.2) is 0 Å². The topological polar surface area (TPSA) is 78.9 Å². The third-order valence-electron chi connectivity index (χ3n) is 2.68. The van der Waals surface area contributed by atoms with Crippen molar-refractivity contribution in [1.82, 2.24) is 0 Å². The highest BCUT2D eigenvalue weighted by Gasteiger charge is 2.10. The number of anilines is 2. The van der Waals surface area contributed by atoms with Crippen molar-refractivity contribution in [3.8, 4) is 6.07 Å². The van der Waals surface area contributed by atoms with Gasteiger partial charge in [-0.3, -0.25) is 4.79 Å². The maximum absolute atomic E-state index is 11.9. The molecular weight excluding hydrogens is 290 g/mol. The highest BCUT2D eigenvalue weighted by atomic mass is 32.2. The number of hydrogen-bond donors (Lipinski definition) is 2. The minimum atomic E-state index is -0.144. The van der Waals surface area contributed by atoms with Gasteiger partial charge in [0.25, 0.3) is 0 Å². The number of nitrogen functional groups attached to an aromatic ring is 1. The normalized spacial score (nSPS) is 10.0. The first-order valence-corrected chi connectivity index (χ1v) is 7.73. The second kappa shape index (κ2) is 6.46. The number of hydrogen-bond acceptors (Lipinski definition) is 5. The summed E-state index contributed by atoms with van der Waals surface area (Å²) in [6.45, 7) is 1.93. The van der Waals surface area contributed by atoms with Crippen LogP contribution in [0.5, 0.6) is 0 Å². The molecular formula is C14H13N3OS2. The minimum Gasteiger partial charge on any atom is -0.398 e. The predicted octanol–water partition coefficient (Wildman–Crippen LogP) is 3.24. The zero-order valence-electron chi connectivity index (χ0n) is 10.8. The smallest absolute Gasteiger partial charge is 0.235 e. The first kappa shape index (κ1) is 14.4. The van der Waals surface area contributed by atoms with E-state index in [9.17, 15) is 4.79 Å². The number of nitriles is 1. The highest BCUT2D eigenvalue weighted by molar-refractivity contribution is 8.00. The lowest BCUT2D eigenvalue weighted by Gasteiger charge is -2.07. The second-order valence-electron chi connectivity index (χ2n) is 4.10. The quantitative estimate of drug-likeness (QED) is 0.671. The molecule has 1 aromatic heterocycles. The zero-order valence-corrected chi connectivity index (χ0v) is 12.5. The molecule has 0 aliphatic heterocycles. The molecule has 1 heterocycles. The molecule has 102 valence electrons. The van der Waals surface area contributed by atoms with E-state index in [1.807, 2.05) is 31.2 Å². The first-order valence-electron chi connectivity index (χ1n) is 5.87. The fourth-order valence-corrected chi connectivity index (χ4v) is 3.18. The Morgan fingerprint density at radius 2 is 2.30 bits per heavy atom. The van der Waals surface area contributed by atoms with E-state index < -0.39 is 0 Å². The van der Waals surface area contributed by atoms with Crippen LogP contribution >= 0.6 is 23.1 Å². The molecule has 0 saturated carbocycles. The number of benzene rings is 1. The van der Waals surface area contributed by atoms with Crippen molar-refractivity contribution in [2.24, 2.45) is 0 Å².